The molecule has 1 saturated heterocycles. The molecule has 0 bridgehead atoms. The largest absolute Gasteiger partial charge is 0.481 e. The molecule has 25 heavy (non-hydrogen) atoms. The van der Waals surface area contributed by atoms with E-state index in [1.165, 1.54) is 19.6 Å². The summed E-state index contributed by atoms with van der Waals surface area (Å²) >= 11 is 0. The zero-order chi connectivity index (χ0) is 17.2. The van der Waals surface area contributed by atoms with Crippen LogP contribution in [0.4, 0.5) is 11.6 Å². The van der Waals surface area contributed by atoms with E-state index in [9.17, 15) is 4.79 Å². The predicted molar refractivity (Wildman–Crippen MR) is 91.0 cm³/mol. The molecule has 1 fully saturated rings. The lowest BCUT2D eigenvalue weighted by Crippen LogP contribution is -2.21. The maximum Gasteiger partial charge on any atom is 0.277 e. The minimum absolute atomic E-state index is 0.341. The van der Waals surface area contributed by atoms with Gasteiger partial charge in [0.25, 0.3) is 5.91 Å². The fraction of sp³-hybridized carbons (Fsp3) is 0.312. The standard InChI is InChI=1S/C16H17N7O2/c1-25-15-8-12(18-10-19-15)20-16(24)11-9-17-13-4-5-14(21-23(11)13)22-6-2-3-7-22/h4-5,8-10H,2-3,6-7H2,1H3,(H,18,19,20,24). The van der Waals surface area contributed by atoms with Crippen LogP contribution in [0.25, 0.3) is 5.65 Å². The molecule has 3 aromatic heterocycles. The molecule has 1 amide bonds. The third-order valence-corrected chi connectivity index (χ3v) is 4.10. The minimum Gasteiger partial charge on any atom is -0.481 e. The second-order valence-corrected chi connectivity index (χ2v) is 5.70. The average Bonchev–Trinajstić information content (AvgIpc) is 3.31. The molecule has 0 radical (unpaired) electrons. The Hall–Kier alpha value is -3.23. The normalized spacial score (nSPS) is 14.0. The Labute approximate surface area is 143 Å². The van der Waals surface area contributed by atoms with E-state index in [0.29, 0.717) is 23.0 Å². The molecule has 128 valence electrons. The molecule has 1 N–H and O–H groups in total. The van der Waals surface area contributed by atoms with Crippen LogP contribution in [0.1, 0.15) is 23.3 Å². The molecule has 4 heterocycles. The summed E-state index contributed by atoms with van der Waals surface area (Å²) in [6.07, 6.45) is 5.15. The molecule has 0 unspecified atom stereocenters. The van der Waals surface area contributed by atoms with Gasteiger partial charge in [-0.15, -0.1) is 5.10 Å². The third kappa shape index (κ3) is 2.95. The third-order valence-electron chi connectivity index (χ3n) is 4.10. The summed E-state index contributed by atoms with van der Waals surface area (Å²) < 4.78 is 6.59. The van der Waals surface area contributed by atoms with Gasteiger partial charge in [-0.2, -0.15) is 0 Å². The summed E-state index contributed by atoms with van der Waals surface area (Å²) in [5.74, 6) is 1.22. The van der Waals surface area contributed by atoms with Crippen molar-refractivity contribution in [1.82, 2.24) is 24.6 Å². The highest BCUT2D eigenvalue weighted by Gasteiger charge is 2.18. The molecular weight excluding hydrogens is 322 g/mol. The molecule has 0 spiro atoms. The van der Waals surface area contributed by atoms with E-state index in [1.54, 1.807) is 10.6 Å². The number of anilines is 2. The van der Waals surface area contributed by atoms with Crippen molar-refractivity contribution in [3.8, 4) is 5.88 Å². The van der Waals surface area contributed by atoms with Crippen molar-refractivity contribution in [2.75, 3.05) is 30.4 Å². The van der Waals surface area contributed by atoms with Gasteiger partial charge in [0.05, 0.1) is 13.3 Å². The van der Waals surface area contributed by atoms with Crippen molar-refractivity contribution in [2.24, 2.45) is 0 Å². The first-order valence-electron chi connectivity index (χ1n) is 8.02. The van der Waals surface area contributed by atoms with Gasteiger partial charge in [0.2, 0.25) is 5.88 Å². The van der Waals surface area contributed by atoms with Crippen LogP contribution < -0.4 is 15.0 Å². The summed E-state index contributed by atoms with van der Waals surface area (Å²) in [6, 6.07) is 5.35. The molecular formula is C16H17N7O2. The number of carbonyl (C=O) groups excluding carboxylic acids is 1. The van der Waals surface area contributed by atoms with Crippen molar-refractivity contribution in [3.05, 3.63) is 36.4 Å². The number of ether oxygens (including phenoxy) is 1. The second-order valence-electron chi connectivity index (χ2n) is 5.70. The number of carbonyl (C=O) groups is 1. The molecule has 3 aromatic rings. The Bertz CT molecular complexity index is 918. The SMILES string of the molecule is COc1cc(NC(=O)c2cnc3ccc(N4CCCC4)nn23)ncn1. The van der Waals surface area contributed by atoms with E-state index in [4.69, 9.17) is 4.74 Å². The van der Waals surface area contributed by atoms with Gasteiger partial charge in [-0.05, 0) is 25.0 Å². The molecule has 4 rings (SSSR count). The van der Waals surface area contributed by atoms with Gasteiger partial charge in [0, 0.05) is 19.2 Å². The average molecular weight is 339 g/mol. The predicted octanol–water partition coefficient (Wildman–Crippen LogP) is 1.38. The van der Waals surface area contributed by atoms with Crippen LogP contribution in [0.2, 0.25) is 0 Å². The Kier molecular flexibility index (Phi) is 3.88. The lowest BCUT2D eigenvalue weighted by Gasteiger charge is -2.16. The van der Waals surface area contributed by atoms with E-state index >= 15 is 0 Å². The van der Waals surface area contributed by atoms with Crippen molar-refractivity contribution in [2.45, 2.75) is 12.8 Å². The maximum atomic E-state index is 12.6. The highest BCUT2D eigenvalue weighted by molar-refractivity contribution is 6.02. The molecule has 9 nitrogen and oxygen atoms in total. The fourth-order valence-corrected chi connectivity index (χ4v) is 2.83. The second kappa shape index (κ2) is 6.34. The van der Waals surface area contributed by atoms with Gasteiger partial charge >= 0.3 is 0 Å². The summed E-state index contributed by atoms with van der Waals surface area (Å²) in [7, 11) is 1.50. The summed E-state index contributed by atoms with van der Waals surface area (Å²) in [6.45, 7) is 1.96. The number of amides is 1. The van der Waals surface area contributed by atoms with Gasteiger partial charge in [-0.1, -0.05) is 0 Å². The smallest absolute Gasteiger partial charge is 0.277 e. The molecule has 9 heteroatoms. The van der Waals surface area contributed by atoms with Gasteiger partial charge in [0.1, 0.15) is 18.0 Å². The first kappa shape index (κ1) is 15.3. The van der Waals surface area contributed by atoms with E-state index in [0.717, 1.165) is 31.7 Å². The van der Waals surface area contributed by atoms with E-state index in [2.05, 4.69) is 30.3 Å². The molecule has 0 aliphatic carbocycles. The zero-order valence-corrected chi connectivity index (χ0v) is 13.7. The van der Waals surface area contributed by atoms with E-state index in [1.807, 2.05) is 12.1 Å². The number of fused-ring (bicyclic) bond motifs is 1. The van der Waals surface area contributed by atoms with Crippen LogP contribution >= 0.6 is 0 Å². The molecule has 0 saturated carbocycles. The lowest BCUT2D eigenvalue weighted by molar-refractivity contribution is 0.102. The molecule has 1 aliphatic rings. The van der Waals surface area contributed by atoms with Crippen LogP contribution in [0.15, 0.2) is 30.7 Å². The highest BCUT2D eigenvalue weighted by Crippen LogP contribution is 2.19. The Balaban J connectivity index is 1.63. The topological polar surface area (TPSA) is 97.5 Å². The van der Waals surface area contributed by atoms with Crippen LogP contribution in [0.5, 0.6) is 5.88 Å². The summed E-state index contributed by atoms with van der Waals surface area (Å²) in [4.78, 5) is 27.0. The Morgan fingerprint density at radius 3 is 2.84 bits per heavy atom. The number of nitrogens with one attached hydrogen (secondary N) is 1. The monoisotopic (exact) mass is 339 g/mol. The van der Waals surface area contributed by atoms with Crippen LogP contribution in [-0.2, 0) is 0 Å². The number of hydrogen-bond acceptors (Lipinski definition) is 7. The first-order valence-corrected chi connectivity index (χ1v) is 8.02. The first-order chi connectivity index (χ1) is 12.2. The Morgan fingerprint density at radius 2 is 2.04 bits per heavy atom. The summed E-state index contributed by atoms with van der Waals surface area (Å²) in [5.41, 5.74) is 0.960. The fourth-order valence-electron chi connectivity index (χ4n) is 2.83. The summed E-state index contributed by atoms with van der Waals surface area (Å²) in [5, 5.41) is 7.29. The van der Waals surface area contributed by atoms with Crippen molar-refractivity contribution < 1.29 is 9.53 Å². The Morgan fingerprint density at radius 1 is 1.20 bits per heavy atom. The van der Waals surface area contributed by atoms with Gasteiger partial charge in [-0.3, -0.25) is 4.79 Å². The quantitative estimate of drug-likeness (QED) is 0.767. The highest BCUT2D eigenvalue weighted by atomic mass is 16.5. The maximum absolute atomic E-state index is 12.6. The molecule has 1 aliphatic heterocycles. The van der Waals surface area contributed by atoms with Crippen LogP contribution in [0, 0.1) is 0 Å². The van der Waals surface area contributed by atoms with E-state index < -0.39 is 0 Å². The zero-order valence-electron chi connectivity index (χ0n) is 13.7. The number of aromatic nitrogens is 5. The molecule has 0 atom stereocenters. The van der Waals surface area contributed by atoms with Gasteiger partial charge in [-0.25, -0.2) is 19.5 Å². The van der Waals surface area contributed by atoms with Crippen molar-refractivity contribution in [3.63, 3.8) is 0 Å². The number of hydrogen-bond donors (Lipinski definition) is 1. The van der Waals surface area contributed by atoms with Crippen molar-refractivity contribution in [1.29, 1.82) is 0 Å². The van der Waals surface area contributed by atoms with Gasteiger partial charge in [0.15, 0.2) is 11.3 Å². The van der Waals surface area contributed by atoms with Gasteiger partial charge < -0.3 is 15.0 Å². The number of imidazole rings is 1. The van der Waals surface area contributed by atoms with Crippen LogP contribution in [-0.4, -0.2) is 50.7 Å². The van der Waals surface area contributed by atoms with Crippen LogP contribution in [0.3, 0.4) is 0 Å². The van der Waals surface area contributed by atoms with E-state index in [-0.39, 0.29) is 5.91 Å². The number of rotatable bonds is 4. The lowest BCUT2D eigenvalue weighted by atomic mass is 10.4. The number of methoxy groups -OCH3 is 1. The molecule has 0 aromatic carbocycles. The number of nitrogens with zero attached hydrogens (tertiary/aromatic N) is 6. The van der Waals surface area contributed by atoms with Crippen molar-refractivity contribution >= 4 is 23.2 Å². The minimum atomic E-state index is -0.348.